The molecule has 2 aliphatic heterocycles. The van der Waals surface area contributed by atoms with Crippen LogP contribution in [-0.2, 0) is 11.3 Å². The zero-order valence-electron chi connectivity index (χ0n) is 13.6. The lowest BCUT2D eigenvalue weighted by Gasteiger charge is -2.27. The highest BCUT2D eigenvalue weighted by atomic mass is 16.5. The van der Waals surface area contributed by atoms with Crippen molar-refractivity contribution in [1.29, 1.82) is 0 Å². The maximum Gasteiger partial charge on any atom is 0.287 e. The third-order valence-electron chi connectivity index (χ3n) is 4.74. The second-order valence-electron chi connectivity index (χ2n) is 6.40. The number of ether oxygens (including phenoxy) is 1. The molecular formula is C17H22N4O3. The van der Waals surface area contributed by atoms with E-state index in [1.54, 1.807) is 16.9 Å². The molecule has 0 unspecified atom stereocenters. The Balaban J connectivity index is 1.38. The number of carbonyl (C=O) groups excluding carboxylic acids is 1. The lowest BCUT2D eigenvalue weighted by molar-refractivity contribution is 0.0886. The molecule has 0 saturated carbocycles. The molecule has 2 fully saturated rings. The van der Waals surface area contributed by atoms with Crippen LogP contribution < -0.4 is 5.32 Å². The average molecular weight is 330 g/mol. The summed E-state index contributed by atoms with van der Waals surface area (Å²) in [7, 11) is 0. The Bertz CT molecular complexity index is 676. The fraction of sp³-hybridized carbons (Fsp3) is 0.529. The monoisotopic (exact) mass is 330 g/mol. The molecule has 128 valence electrons. The normalized spacial score (nSPS) is 24.5. The summed E-state index contributed by atoms with van der Waals surface area (Å²) in [6.45, 7) is 3.95. The molecule has 2 atom stereocenters. The van der Waals surface area contributed by atoms with Crippen LogP contribution in [0.1, 0.15) is 29.2 Å². The number of nitrogens with zero attached hydrogens (tertiary/aromatic N) is 3. The van der Waals surface area contributed by atoms with Crippen LogP contribution in [-0.4, -0.2) is 59.0 Å². The molecular weight excluding hydrogens is 308 g/mol. The maximum atomic E-state index is 12.5. The van der Waals surface area contributed by atoms with Gasteiger partial charge in [-0.05, 0) is 44.1 Å². The van der Waals surface area contributed by atoms with Gasteiger partial charge in [-0.15, -0.1) is 0 Å². The van der Waals surface area contributed by atoms with Crippen LogP contribution in [0.4, 0.5) is 0 Å². The van der Waals surface area contributed by atoms with E-state index in [1.165, 1.54) is 12.8 Å². The number of likely N-dealkylation sites (tertiary alicyclic amines) is 1. The summed E-state index contributed by atoms with van der Waals surface area (Å²) in [6.07, 6.45) is 6.03. The van der Waals surface area contributed by atoms with E-state index in [-0.39, 0.29) is 18.0 Å². The number of hydrogen-bond donors (Lipinski definition) is 1. The average Bonchev–Trinajstić information content (AvgIpc) is 3.36. The van der Waals surface area contributed by atoms with Crippen molar-refractivity contribution in [2.45, 2.75) is 31.5 Å². The Labute approximate surface area is 140 Å². The van der Waals surface area contributed by atoms with Crippen LogP contribution in [0.2, 0.25) is 0 Å². The van der Waals surface area contributed by atoms with Gasteiger partial charge in [-0.25, -0.2) is 0 Å². The van der Waals surface area contributed by atoms with Crippen LogP contribution in [0.3, 0.4) is 0 Å². The number of hydrogen-bond acceptors (Lipinski definition) is 5. The zero-order chi connectivity index (χ0) is 16.4. The predicted molar refractivity (Wildman–Crippen MR) is 86.7 cm³/mol. The Morgan fingerprint density at radius 3 is 2.96 bits per heavy atom. The number of rotatable bonds is 5. The third kappa shape index (κ3) is 3.22. The lowest BCUT2D eigenvalue weighted by Crippen LogP contribution is -2.50. The smallest absolute Gasteiger partial charge is 0.287 e. The second kappa shape index (κ2) is 6.78. The van der Waals surface area contributed by atoms with E-state index in [9.17, 15) is 4.79 Å². The van der Waals surface area contributed by atoms with E-state index in [4.69, 9.17) is 9.15 Å². The van der Waals surface area contributed by atoms with Gasteiger partial charge < -0.3 is 14.5 Å². The molecule has 0 spiro atoms. The Hall–Kier alpha value is -2.12. The van der Waals surface area contributed by atoms with E-state index in [0.29, 0.717) is 31.3 Å². The Morgan fingerprint density at radius 2 is 2.17 bits per heavy atom. The van der Waals surface area contributed by atoms with Gasteiger partial charge in [-0.1, -0.05) is 0 Å². The first-order valence-corrected chi connectivity index (χ1v) is 8.48. The van der Waals surface area contributed by atoms with Gasteiger partial charge in [-0.3, -0.25) is 14.4 Å². The van der Waals surface area contributed by atoms with Crippen molar-refractivity contribution >= 4 is 5.91 Å². The molecule has 1 amide bonds. The predicted octanol–water partition coefficient (Wildman–Crippen LogP) is 1.12. The summed E-state index contributed by atoms with van der Waals surface area (Å²) in [5.41, 5.74) is 0. The van der Waals surface area contributed by atoms with E-state index in [1.807, 2.05) is 18.3 Å². The molecule has 2 aromatic heterocycles. The van der Waals surface area contributed by atoms with Crippen molar-refractivity contribution in [3.63, 3.8) is 0 Å². The molecule has 0 aliphatic carbocycles. The topological polar surface area (TPSA) is 72.5 Å². The Morgan fingerprint density at radius 1 is 1.29 bits per heavy atom. The van der Waals surface area contributed by atoms with E-state index >= 15 is 0 Å². The molecule has 7 nitrogen and oxygen atoms in total. The van der Waals surface area contributed by atoms with Crippen molar-refractivity contribution in [3.8, 4) is 0 Å². The minimum absolute atomic E-state index is 0.0234. The van der Waals surface area contributed by atoms with Crippen molar-refractivity contribution < 1.29 is 13.9 Å². The van der Waals surface area contributed by atoms with Crippen molar-refractivity contribution in [1.82, 2.24) is 20.0 Å². The number of nitrogens with one attached hydrogen (secondary N) is 1. The third-order valence-corrected chi connectivity index (χ3v) is 4.74. The highest BCUT2D eigenvalue weighted by molar-refractivity contribution is 5.91. The van der Waals surface area contributed by atoms with Crippen molar-refractivity contribution in [3.05, 3.63) is 42.1 Å². The fourth-order valence-corrected chi connectivity index (χ4v) is 3.49. The molecule has 1 N–H and O–H groups in total. The molecule has 4 rings (SSSR count). The molecule has 0 radical (unpaired) electrons. The largest absolute Gasteiger partial charge is 0.454 e. The van der Waals surface area contributed by atoms with Crippen LogP contribution in [0, 0.1) is 0 Å². The molecule has 2 saturated heterocycles. The molecule has 0 aromatic carbocycles. The van der Waals surface area contributed by atoms with Gasteiger partial charge in [-0.2, -0.15) is 5.10 Å². The fourth-order valence-electron chi connectivity index (χ4n) is 3.49. The molecule has 2 aromatic rings. The number of furan rings is 1. The van der Waals surface area contributed by atoms with Gasteiger partial charge in [0.15, 0.2) is 5.76 Å². The zero-order valence-corrected chi connectivity index (χ0v) is 13.6. The summed E-state index contributed by atoms with van der Waals surface area (Å²) < 4.78 is 13.0. The van der Waals surface area contributed by atoms with Gasteiger partial charge >= 0.3 is 0 Å². The summed E-state index contributed by atoms with van der Waals surface area (Å²) in [4.78, 5) is 14.9. The van der Waals surface area contributed by atoms with Crippen molar-refractivity contribution in [2.24, 2.45) is 0 Å². The minimum Gasteiger partial charge on any atom is -0.454 e. The number of aromatic nitrogens is 2. The minimum atomic E-state index is -0.179. The maximum absolute atomic E-state index is 12.5. The summed E-state index contributed by atoms with van der Waals surface area (Å²) in [6, 6.07) is 5.69. The van der Waals surface area contributed by atoms with Gasteiger partial charge in [0, 0.05) is 12.4 Å². The summed E-state index contributed by atoms with van der Waals surface area (Å²) in [5, 5.41) is 7.21. The second-order valence-corrected chi connectivity index (χ2v) is 6.40. The summed E-state index contributed by atoms with van der Waals surface area (Å²) in [5.74, 6) is 0.869. The first-order chi connectivity index (χ1) is 11.8. The quantitative estimate of drug-likeness (QED) is 0.889. The van der Waals surface area contributed by atoms with Gasteiger partial charge in [0.25, 0.3) is 5.91 Å². The van der Waals surface area contributed by atoms with Crippen LogP contribution in [0.25, 0.3) is 0 Å². The Kier molecular flexibility index (Phi) is 4.36. The molecule has 24 heavy (non-hydrogen) atoms. The first-order valence-electron chi connectivity index (χ1n) is 8.48. The molecule has 2 aliphatic rings. The van der Waals surface area contributed by atoms with E-state index in [0.717, 1.165) is 13.1 Å². The molecule has 4 heterocycles. The van der Waals surface area contributed by atoms with Crippen LogP contribution in [0.15, 0.2) is 35.0 Å². The number of carbonyl (C=O) groups is 1. The van der Waals surface area contributed by atoms with Gasteiger partial charge in [0.2, 0.25) is 0 Å². The molecule has 7 heteroatoms. The van der Waals surface area contributed by atoms with Crippen LogP contribution >= 0.6 is 0 Å². The first kappa shape index (κ1) is 15.4. The van der Waals surface area contributed by atoms with Gasteiger partial charge in [0.1, 0.15) is 5.76 Å². The lowest BCUT2D eigenvalue weighted by atomic mass is 10.1. The van der Waals surface area contributed by atoms with E-state index < -0.39 is 0 Å². The molecule has 0 bridgehead atoms. The SMILES string of the molecule is O=C(N[C@H]1COC[C@@H]1N1CCCC1)c1ccc(Cn2cccn2)o1. The van der Waals surface area contributed by atoms with Gasteiger partial charge in [0.05, 0.1) is 31.8 Å². The highest BCUT2D eigenvalue weighted by Gasteiger charge is 2.35. The highest BCUT2D eigenvalue weighted by Crippen LogP contribution is 2.19. The van der Waals surface area contributed by atoms with E-state index in [2.05, 4.69) is 15.3 Å². The van der Waals surface area contributed by atoms with Crippen molar-refractivity contribution in [2.75, 3.05) is 26.3 Å². The number of amides is 1. The standard InChI is InChI=1S/C17H22N4O3/c22-17(16-5-4-13(24-16)10-21-9-3-6-18-21)19-14-11-23-12-15(14)20-7-1-2-8-20/h3-6,9,14-15H,1-2,7-8,10-12H2,(H,19,22)/t14-,15-/m0/s1. The summed E-state index contributed by atoms with van der Waals surface area (Å²) >= 11 is 0. The van der Waals surface area contributed by atoms with Crippen LogP contribution in [0.5, 0.6) is 0 Å².